The maximum atomic E-state index is 5.11. The van der Waals surface area contributed by atoms with Gasteiger partial charge in [0.2, 0.25) is 0 Å². The molecule has 1 aromatic heterocycles. The van der Waals surface area contributed by atoms with E-state index in [0.29, 0.717) is 11.3 Å². The predicted molar refractivity (Wildman–Crippen MR) is 39.2 cm³/mol. The molecule has 0 amide bonds. The molecule has 0 aromatic carbocycles. The zero-order chi connectivity index (χ0) is 7.31. The molecule has 1 saturated carbocycles. The minimum absolute atomic E-state index is 0.569. The summed E-state index contributed by atoms with van der Waals surface area (Å²) in [6.07, 6.45) is 3.02. The summed E-state index contributed by atoms with van der Waals surface area (Å²) in [5.74, 6) is 1.73. The molecule has 1 aliphatic heterocycles. The van der Waals surface area contributed by atoms with Crippen molar-refractivity contribution < 1.29 is 4.52 Å². The molecule has 2 fully saturated rings. The van der Waals surface area contributed by atoms with Crippen molar-refractivity contribution in [1.29, 1.82) is 0 Å². The summed E-state index contributed by atoms with van der Waals surface area (Å²) in [6, 6.07) is 1.98. The summed E-state index contributed by atoms with van der Waals surface area (Å²) in [6.45, 7) is 2.33. The molecule has 1 spiro atoms. The van der Waals surface area contributed by atoms with E-state index >= 15 is 0 Å². The molecule has 0 bridgehead atoms. The van der Waals surface area contributed by atoms with Crippen LogP contribution >= 0.6 is 0 Å². The van der Waals surface area contributed by atoms with Crippen LogP contribution in [0, 0.1) is 5.41 Å². The van der Waals surface area contributed by atoms with E-state index in [1.807, 2.05) is 6.07 Å². The molecular formula is C8H10N2O. The van der Waals surface area contributed by atoms with Gasteiger partial charge in [-0.2, -0.15) is 0 Å². The molecule has 3 nitrogen and oxygen atoms in total. The first-order chi connectivity index (χ1) is 5.41. The Balaban J connectivity index is 1.84. The van der Waals surface area contributed by atoms with Gasteiger partial charge < -0.3 is 9.84 Å². The maximum absolute atomic E-state index is 5.11. The number of hydrogen-bond donors (Lipinski definition) is 1. The first-order valence-electron chi connectivity index (χ1n) is 4.02. The van der Waals surface area contributed by atoms with Gasteiger partial charge >= 0.3 is 0 Å². The Bertz CT molecular complexity index is 264. The summed E-state index contributed by atoms with van der Waals surface area (Å²) >= 11 is 0. The van der Waals surface area contributed by atoms with Gasteiger partial charge in [-0.3, -0.25) is 0 Å². The Hall–Kier alpha value is -0.830. The van der Waals surface area contributed by atoms with Gasteiger partial charge in [-0.25, -0.2) is 0 Å². The molecule has 1 atom stereocenters. The molecule has 58 valence electrons. The SMILES string of the molecule is c1cc(C2CC23CNC3)on1. The van der Waals surface area contributed by atoms with Crippen molar-refractivity contribution in [3.63, 3.8) is 0 Å². The summed E-state index contributed by atoms with van der Waals surface area (Å²) in [5.41, 5.74) is 0.569. The molecule has 1 unspecified atom stereocenters. The van der Waals surface area contributed by atoms with Crippen molar-refractivity contribution in [2.24, 2.45) is 5.41 Å². The Labute approximate surface area is 64.8 Å². The van der Waals surface area contributed by atoms with Crippen LogP contribution in [0.1, 0.15) is 18.1 Å². The number of nitrogens with one attached hydrogen (secondary N) is 1. The van der Waals surface area contributed by atoms with Crippen LogP contribution in [-0.2, 0) is 0 Å². The largest absolute Gasteiger partial charge is 0.361 e. The van der Waals surface area contributed by atoms with E-state index in [0.717, 1.165) is 5.76 Å². The van der Waals surface area contributed by atoms with E-state index in [4.69, 9.17) is 4.52 Å². The first kappa shape index (κ1) is 5.77. The summed E-state index contributed by atoms with van der Waals surface area (Å²) in [4.78, 5) is 0. The molecule has 11 heavy (non-hydrogen) atoms. The predicted octanol–water partition coefficient (Wildman–Crippen LogP) is 0.751. The summed E-state index contributed by atoms with van der Waals surface area (Å²) < 4.78 is 5.11. The fraction of sp³-hybridized carbons (Fsp3) is 0.625. The highest BCUT2D eigenvalue weighted by atomic mass is 16.5. The number of nitrogens with zero attached hydrogens (tertiary/aromatic N) is 1. The van der Waals surface area contributed by atoms with Crippen molar-refractivity contribution in [2.45, 2.75) is 12.3 Å². The Morgan fingerprint density at radius 2 is 2.55 bits per heavy atom. The van der Waals surface area contributed by atoms with Crippen LogP contribution in [0.25, 0.3) is 0 Å². The van der Waals surface area contributed by atoms with Gasteiger partial charge in [0.1, 0.15) is 5.76 Å². The van der Waals surface area contributed by atoms with E-state index in [1.165, 1.54) is 19.5 Å². The third-order valence-corrected chi connectivity index (χ3v) is 2.95. The standard InChI is InChI=1S/C8H10N2O/c1-2-10-11-7(1)6-3-8(6)4-9-5-8/h1-2,6,9H,3-5H2. The average Bonchev–Trinajstić information content (AvgIpc) is 2.50. The van der Waals surface area contributed by atoms with Gasteiger partial charge in [0, 0.05) is 30.5 Å². The zero-order valence-electron chi connectivity index (χ0n) is 6.21. The molecule has 3 heteroatoms. The van der Waals surface area contributed by atoms with Crippen LogP contribution in [0.2, 0.25) is 0 Å². The highest BCUT2D eigenvalue weighted by Gasteiger charge is 2.60. The zero-order valence-corrected chi connectivity index (χ0v) is 6.21. The molecule has 2 heterocycles. The van der Waals surface area contributed by atoms with Gasteiger partial charge in [-0.15, -0.1) is 0 Å². The van der Waals surface area contributed by atoms with Crippen LogP contribution in [-0.4, -0.2) is 18.2 Å². The summed E-state index contributed by atoms with van der Waals surface area (Å²) in [7, 11) is 0. The molecule has 2 aliphatic rings. The van der Waals surface area contributed by atoms with Gasteiger partial charge in [0.25, 0.3) is 0 Å². The lowest BCUT2D eigenvalue weighted by molar-refractivity contribution is 0.291. The fourth-order valence-electron chi connectivity index (χ4n) is 1.99. The first-order valence-corrected chi connectivity index (χ1v) is 4.02. The van der Waals surface area contributed by atoms with Crippen LogP contribution in [0.15, 0.2) is 16.8 Å². The molecule has 1 aliphatic carbocycles. The Kier molecular flexibility index (Phi) is 0.874. The maximum Gasteiger partial charge on any atom is 0.140 e. The van der Waals surface area contributed by atoms with Crippen LogP contribution in [0.5, 0.6) is 0 Å². The minimum Gasteiger partial charge on any atom is -0.361 e. The lowest BCUT2D eigenvalue weighted by Gasteiger charge is -2.27. The quantitative estimate of drug-likeness (QED) is 0.642. The van der Waals surface area contributed by atoms with E-state index in [2.05, 4.69) is 10.5 Å². The average molecular weight is 150 g/mol. The Morgan fingerprint density at radius 1 is 1.64 bits per heavy atom. The second kappa shape index (κ2) is 1.67. The van der Waals surface area contributed by atoms with Gasteiger partial charge in [0.15, 0.2) is 0 Å². The van der Waals surface area contributed by atoms with E-state index in [1.54, 1.807) is 6.20 Å². The molecule has 1 saturated heterocycles. The lowest BCUT2D eigenvalue weighted by Crippen LogP contribution is -2.44. The number of aromatic nitrogens is 1. The third kappa shape index (κ3) is 0.639. The fourth-order valence-corrected chi connectivity index (χ4v) is 1.99. The highest BCUT2D eigenvalue weighted by Crippen LogP contribution is 2.61. The number of rotatable bonds is 1. The third-order valence-electron chi connectivity index (χ3n) is 2.95. The smallest absolute Gasteiger partial charge is 0.140 e. The molecule has 1 aromatic rings. The number of hydrogen-bond acceptors (Lipinski definition) is 3. The van der Waals surface area contributed by atoms with Gasteiger partial charge in [-0.1, -0.05) is 5.16 Å². The van der Waals surface area contributed by atoms with Crippen molar-refractivity contribution in [2.75, 3.05) is 13.1 Å². The lowest BCUT2D eigenvalue weighted by atomic mass is 9.96. The summed E-state index contributed by atoms with van der Waals surface area (Å²) in [5, 5.41) is 7.01. The van der Waals surface area contributed by atoms with Gasteiger partial charge in [0.05, 0.1) is 6.20 Å². The monoisotopic (exact) mass is 150 g/mol. The minimum atomic E-state index is 0.569. The van der Waals surface area contributed by atoms with Crippen molar-refractivity contribution in [1.82, 2.24) is 10.5 Å². The normalized spacial score (nSPS) is 31.8. The highest BCUT2D eigenvalue weighted by molar-refractivity contribution is 5.25. The molecule has 0 radical (unpaired) electrons. The van der Waals surface area contributed by atoms with E-state index < -0.39 is 0 Å². The molecule has 1 N–H and O–H groups in total. The van der Waals surface area contributed by atoms with Crippen molar-refractivity contribution in [3.05, 3.63) is 18.0 Å². The second-order valence-electron chi connectivity index (χ2n) is 3.64. The molecule has 3 rings (SSSR count). The van der Waals surface area contributed by atoms with Gasteiger partial charge in [-0.05, 0) is 6.42 Å². The molecular weight excluding hydrogens is 140 g/mol. The van der Waals surface area contributed by atoms with Crippen molar-refractivity contribution in [3.8, 4) is 0 Å². The topological polar surface area (TPSA) is 38.1 Å². The van der Waals surface area contributed by atoms with Crippen LogP contribution < -0.4 is 5.32 Å². The second-order valence-corrected chi connectivity index (χ2v) is 3.64. The Morgan fingerprint density at radius 3 is 3.00 bits per heavy atom. The van der Waals surface area contributed by atoms with Crippen molar-refractivity contribution >= 4 is 0 Å². The van der Waals surface area contributed by atoms with Crippen LogP contribution in [0.4, 0.5) is 0 Å². The van der Waals surface area contributed by atoms with E-state index in [-0.39, 0.29) is 0 Å². The van der Waals surface area contributed by atoms with Crippen LogP contribution in [0.3, 0.4) is 0 Å². The van der Waals surface area contributed by atoms with E-state index in [9.17, 15) is 0 Å².